The Labute approximate surface area is 87.2 Å². The summed E-state index contributed by atoms with van der Waals surface area (Å²) in [4.78, 5) is 10.7. The van der Waals surface area contributed by atoms with E-state index in [4.69, 9.17) is 5.11 Å². The molecule has 0 amide bonds. The molecule has 1 unspecified atom stereocenters. The second-order valence-electron chi connectivity index (χ2n) is 3.68. The average molecular weight is 204 g/mol. The monoisotopic (exact) mass is 204 g/mol. The molecule has 2 aromatic rings. The molecule has 0 aliphatic heterocycles. The van der Waals surface area contributed by atoms with E-state index in [9.17, 15) is 4.79 Å². The van der Waals surface area contributed by atoms with E-state index >= 15 is 0 Å². The van der Waals surface area contributed by atoms with Gasteiger partial charge in [0.1, 0.15) is 0 Å². The maximum Gasteiger partial charge on any atom is 0.306 e. The fraction of sp³-hybridized carbons (Fsp3) is 0.273. The quantitative estimate of drug-likeness (QED) is 0.826. The Bertz CT molecular complexity index is 490. The summed E-state index contributed by atoms with van der Waals surface area (Å²) in [7, 11) is 0. The van der Waals surface area contributed by atoms with E-state index in [1.165, 1.54) is 0 Å². The molecule has 78 valence electrons. The van der Waals surface area contributed by atoms with Gasteiger partial charge in [-0.05, 0) is 30.2 Å². The zero-order valence-corrected chi connectivity index (χ0v) is 8.42. The molecule has 0 spiro atoms. The van der Waals surface area contributed by atoms with Crippen LogP contribution in [0, 0.1) is 5.92 Å². The van der Waals surface area contributed by atoms with Crippen molar-refractivity contribution in [3.8, 4) is 0 Å². The summed E-state index contributed by atoms with van der Waals surface area (Å²) in [5.41, 5.74) is 2.02. The van der Waals surface area contributed by atoms with Crippen molar-refractivity contribution in [3.05, 3.63) is 36.2 Å². The van der Waals surface area contributed by atoms with E-state index in [1.807, 2.05) is 24.4 Å². The zero-order valence-electron chi connectivity index (χ0n) is 8.42. The van der Waals surface area contributed by atoms with Gasteiger partial charge in [0.25, 0.3) is 0 Å². The number of aromatic nitrogens is 2. The first-order chi connectivity index (χ1) is 7.16. The van der Waals surface area contributed by atoms with Crippen LogP contribution in [0.5, 0.6) is 0 Å². The molecule has 4 heteroatoms. The first-order valence-corrected chi connectivity index (χ1v) is 4.82. The van der Waals surface area contributed by atoms with Gasteiger partial charge in [-0.3, -0.25) is 4.79 Å². The van der Waals surface area contributed by atoms with Crippen molar-refractivity contribution in [1.82, 2.24) is 9.61 Å². The predicted octanol–water partition coefficient (Wildman–Crippen LogP) is 1.60. The molecular formula is C11H12N2O2. The molecule has 1 atom stereocenters. The second kappa shape index (κ2) is 3.73. The predicted molar refractivity (Wildman–Crippen MR) is 55.7 cm³/mol. The molecule has 0 aliphatic carbocycles. The first-order valence-electron chi connectivity index (χ1n) is 4.82. The normalized spacial score (nSPS) is 12.9. The minimum Gasteiger partial charge on any atom is -0.481 e. The molecule has 0 saturated carbocycles. The number of carboxylic acids is 1. The first kappa shape index (κ1) is 9.71. The van der Waals surface area contributed by atoms with Crippen LogP contribution >= 0.6 is 0 Å². The average Bonchev–Trinajstić information content (AvgIpc) is 2.64. The molecule has 4 nitrogen and oxygen atoms in total. The fourth-order valence-electron chi connectivity index (χ4n) is 1.54. The van der Waals surface area contributed by atoms with Gasteiger partial charge in [0.15, 0.2) is 0 Å². The molecule has 1 N–H and O–H groups in total. The van der Waals surface area contributed by atoms with Crippen LogP contribution in [-0.2, 0) is 11.2 Å². The van der Waals surface area contributed by atoms with Gasteiger partial charge in [0.05, 0.1) is 11.4 Å². The van der Waals surface area contributed by atoms with Gasteiger partial charge in [-0.1, -0.05) is 6.92 Å². The molecule has 2 heterocycles. The van der Waals surface area contributed by atoms with Crippen LogP contribution in [0.3, 0.4) is 0 Å². The van der Waals surface area contributed by atoms with Crippen molar-refractivity contribution in [1.29, 1.82) is 0 Å². The van der Waals surface area contributed by atoms with Crippen LogP contribution in [0.2, 0.25) is 0 Å². The largest absolute Gasteiger partial charge is 0.481 e. The number of rotatable bonds is 3. The lowest BCUT2D eigenvalue weighted by atomic mass is 10.0. The highest BCUT2D eigenvalue weighted by Gasteiger charge is 2.11. The highest BCUT2D eigenvalue weighted by molar-refractivity contribution is 5.70. The van der Waals surface area contributed by atoms with Crippen LogP contribution in [0.1, 0.15) is 12.5 Å². The smallest absolute Gasteiger partial charge is 0.306 e. The van der Waals surface area contributed by atoms with Gasteiger partial charge >= 0.3 is 5.97 Å². The lowest BCUT2D eigenvalue weighted by molar-refractivity contribution is -0.141. The number of fused-ring (bicyclic) bond motifs is 1. The van der Waals surface area contributed by atoms with Crippen LogP contribution in [0.4, 0.5) is 0 Å². The molecule has 0 saturated heterocycles. The van der Waals surface area contributed by atoms with Gasteiger partial charge in [0, 0.05) is 12.4 Å². The van der Waals surface area contributed by atoms with E-state index in [1.54, 1.807) is 17.6 Å². The summed E-state index contributed by atoms with van der Waals surface area (Å²) in [6.45, 7) is 1.71. The third kappa shape index (κ3) is 1.98. The number of pyridine rings is 1. The van der Waals surface area contributed by atoms with Crippen LogP contribution in [-0.4, -0.2) is 20.7 Å². The molecule has 0 aromatic carbocycles. The standard InChI is InChI=1S/C11H12N2O2/c1-8(11(14)15)6-9-3-5-13-10(7-9)2-4-12-13/h2-5,7-8H,6H2,1H3,(H,14,15). The summed E-state index contributed by atoms with van der Waals surface area (Å²) in [6.07, 6.45) is 4.12. The molecule has 0 radical (unpaired) electrons. The van der Waals surface area contributed by atoms with Gasteiger partial charge < -0.3 is 5.11 Å². The number of nitrogens with zero attached hydrogens (tertiary/aromatic N) is 2. The summed E-state index contributed by atoms with van der Waals surface area (Å²) >= 11 is 0. The van der Waals surface area contributed by atoms with E-state index in [0.29, 0.717) is 6.42 Å². The van der Waals surface area contributed by atoms with Crippen LogP contribution in [0.15, 0.2) is 30.6 Å². The Morgan fingerprint density at radius 2 is 2.40 bits per heavy atom. The number of aliphatic carboxylic acids is 1. The summed E-state index contributed by atoms with van der Waals surface area (Å²) < 4.78 is 1.76. The van der Waals surface area contributed by atoms with E-state index in [-0.39, 0.29) is 5.92 Å². The van der Waals surface area contributed by atoms with Crippen molar-refractivity contribution >= 4 is 11.5 Å². The van der Waals surface area contributed by atoms with Crippen molar-refractivity contribution in [3.63, 3.8) is 0 Å². The third-order valence-corrected chi connectivity index (χ3v) is 2.43. The van der Waals surface area contributed by atoms with Crippen molar-refractivity contribution in [2.24, 2.45) is 5.92 Å². The molecule has 15 heavy (non-hydrogen) atoms. The summed E-state index contributed by atoms with van der Waals surface area (Å²) in [6, 6.07) is 5.76. The Morgan fingerprint density at radius 3 is 3.13 bits per heavy atom. The van der Waals surface area contributed by atoms with Crippen LogP contribution < -0.4 is 0 Å². The third-order valence-electron chi connectivity index (χ3n) is 2.43. The van der Waals surface area contributed by atoms with E-state index in [0.717, 1.165) is 11.1 Å². The molecule has 0 fully saturated rings. The molecule has 0 aliphatic rings. The maximum absolute atomic E-state index is 10.7. The van der Waals surface area contributed by atoms with Crippen molar-refractivity contribution in [2.45, 2.75) is 13.3 Å². The lowest BCUT2D eigenvalue weighted by Crippen LogP contribution is -2.12. The maximum atomic E-state index is 10.7. The Balaban J connectivity index is 2.24. The molecular weight excluding hydrogens is 192 g/mol. The highest BCUT2D eigenvalue weighted by Crippen LogP contribution is 2.11. The molecule has 0 bridgehead atoms. The van der Waals surface area contributed by atoms with Gasteiger partial charge in [-0.25, -0.2) is 4.52 Å². The van der Waals surface area contributed by atoms with Gasteiger partial charge in [-0.15, -0.1) is 0 Å². The topological polar surface area (TPSA) is 54.6 Å². The lowest BCUT2D eigenvalue weighted by Gasteiger charge is -2.06. The number of hydrogen-bond acceptors (Lipinski definition) is 2. The number of carbonyl (C=O) groups is 1. The van der Waals surface area contributed by atoms with Gasteiger partial charge in [0.2, 0.25) is 0 Å². The second-order valence-corrected chi connectivity index (χ2v) is 3.68. The summed E-state index contributed by atoms with van der Waals surface area (Å²) in [5, 5.41) is 12.9. The molecule has 2 aromatic heterocycles. The van der Waals surface area contributed by atoms with Crippen molar-refractivity contribution in [2.75, 3.05) is 0 Å². The Morgan fingerprint density at radius 1 is 1.60 bits per heavy atom. The molecule has 2 rings (SSSR count). The minimum absolute atomic E-state index is 0.352. The van der Waals surface area contributed by atoms with E-state index in [2.05, 4.69) is 5.10 Å². The summed E-state index contributed by atoms with van der Waals surface area (Å²) in [5.74, 6) is -1.11. The number of hydrogen-bond donors (Lipinski definition) is 1. The van der Waals surface area contributed by atoms with E-state index < -0.39 is 5.97 Å². The van der Waals surface area contributed by atoms with Gasteiger partial charge in [-0.2, -0.15) is 5.10 Å². The zero-order chi connectivity index (χ0) is 10.8. The number of carboxylic acid groups (broad SMARTS) is 1. The Hall–Kier alpha value is -1.84. The fourth-order valence-corrected chi connectivity index (χ4v) is 1.54. The SMILES string of the molecule is CC(Cc1ccn2nccc2c1)C(=O)O. The highest BCUT2D eigenvalue weighted by atomic mass is 16.4. The van der Waals surface area contributed by atoms with Crippen LogP contribution in [0.25, 0.3) is 5.52 Å². The van der Waals surface area contributed by atoms with Crippen molar-refractivity contribution < 1.29 is 9.90 Å². The Kier molecular flexibility index (Phi) is 2.41. The minimum atomic E-state index is -0.761.